The van der Waals surface area contributed by atoms with Crippen LogP contribution in [0.3, 0.4) is 0 Å². The van der Waals surface area contributed by atoms with Crippen LogP contribution in [0, 0.1) is 5.92 Å². The fraction of sp³-hybridized carbons (Fsp3) is 0.842. The van der Waals surface area contributed by atoms with Crippen LogP contribution in [0.4, 0.5) is 0 Å². The molecule has 3 aliphatic heterocycles. The van der Waals surface area contributed by atoms with Gasteiger partial charge in [0.15, 0.2) is 0 Å². The van der Waals surface area contributed by atoms with E-state index >= 15 is 0 Å². The molecule has 4 nitrogen and oxygen atoms in total. The summed E-state index contributed by atoms with van der Waals surface area (Å²) in [6, 6.07) is 0. The van der Waals surface area contributed by atoms with E-state index in [-0.39, 0.29) is 4.75 Å². The standard InChI is InChI=1S/C19H29NO3S/c21-18(16-4-2-1-3-5-16)20-13-19(14-20)10-17(12-24-19)23-11-15-6-8-22-9-7-15/h4,15,17H,1-3,5-14H2/t17-/m0/s1. The van der Waals surface area contributed by atoms with E-state index in [1.165, 1.54) is 12.8 Å². The first-order chi connectivity index (χ1) is 11.7. The number of carbonyl (C=O) groups is 1. The van der Waals surface area contributed by atoms with Crippen LogP contribution in [-0.2, 0) is 14.3 Å². The van der Waals surface area contributed by atoms with Gasteiger partial charge in [-0.05, 0) is 50.9 Å². The molecule has 1 atom stereocenters. The number of nitrogens with zero attached hydrogens (tertiary/aromatic N) is 1. The smallest absolute Gasteiger partial charge is 0.249 e. The number of likely N-dealkylation sites (tertiary alicyclic amines) is 1. The van der Waals surface area contributed by atoms with Gasteiger partial charge in [-0.25, -0.2) is 0 Å². The number of carbonyl (C=O) groups excluding carboxylic acids is 1. The summed E-state index contributed by atoms with van der Waals surface area (Å²) in [5.41, 5.74) is 1.06. The predicted molar refractivity (Wildman–Crippen MR) is 96.2 cm³/mol. The second-order valence-electron chi connectivity index (χ2n) is 7.85. The SMILES string of the molecule is O=C(C1=CCCCC1)N1CC2(C[C@H](OCC3CCOCC3)CS2)C1. The van der Waals surface area contributed by atoms with Crippen molar-refractivity contribution in [2.24, 2.45) is 5.92 Å². The molecule has 4 rings (SSSR count). The first kappa shape index (κ1) is 16.9. The molecule has 1 amide bonds. The second-order valence-corrected chi connectivity index (χ2v) is 9.33. The van der Waals surface area contributed by atoms with Crippen LogP contribution in [-0.4, -0.2) is 60.3 Å². The van der Waals surface area contributed by atoms with Crippen molar-refractivity contribution >= 4 is 17.7 Å². The van der Waals surface area contributed by atoms with Crippen molar-refractivity contribution in [3.05, 3.63) is 11.6 Å². The quantitative estimate of drug-likeness (QED) is 0.780. The third kappa shape index (κ3) is 3.68. The molecule has 3 saturated heterocycles. The fourth-order valence-electron chi connectivity index (χ4n) is 4.34. The van der Waals surface area contributed by atoms with Gasteiger partial charge in [0.05, 0.1) is 10.9 Å². The Hall–Kier alpha value is -0.520. The Bertz CT molecular complexity index is 495. The Kier molecular flexibility index (Phi) is 5.21. The third-order valence-corrected chi connectivity index (χ3v) is 7.47. The highest BCUT2D eigenvalue weighted by Gasteiger charge is 2.51. The van der Waals surface area contributed by atoms with Crippen molar-refractivity contribution < 1.29 is 14.3 Å². The zero-order valence-corrected chi connectivity index (χ0v) is 15.3. The summed E-state index contributed by atoms with van der Waals surface area (Å²) < 4.78 is 11.9. The lowest BCUT2D eigenvalue weighted by molar-refractivity contribution is -0.132. The Balaban J connectivity index is 1.21. The van der Waals surface area contributed by atoms with E-state index in [0.717, 1.165) is 76.3 Å². The van der Waals surface area contributed by atoms with E-state index < -0.39 is 0 Å². The summed E-state index contributed by atoms with van der Waals surface area (Å²) in [7, 11) is 0. The minimum atomic E-state index is 0.283. The van der Waals surface area contributed by atoms with Crippen molar-refractivity contribution in [2.75, 3.05) is 38.7 Å². The number of allylic oxidation sites excluding steroid dienone is 1. The molecule has 3 fully saturated rings. The highest BCUT2D eigenvalue weighted by molar-refractivity contribution is 8.01. The molecule has 0 aromatic rings. The Morgan fingerprint density at radius 2 is 2.17 bits per heavy atom. The van der Waals surface area contributed by atoms with Crippen LogP contribution in [0.2, 0.25) is 0 Å². The van der Waals surface area contributed by atoms with Crippen molar-refractivity contribution in [1.82, 2.24) is 4.90 Å². The summed E-state index contributed by atoms with van der Waals surface area (Å²) >= 11 is 2.03. The van der Waals surface area contributed by atoms with Gasteiger partial charge in [0.1, 0.15) is 0 Å². The molecule has 0 bridgehead atoms. The molecule has 4 aliphatic rings. The molecule has 1 aliphatic carbocycles. The number of ether oxygens (including phenoxy) is 2. The molecule has 0 saturated carbocycles. The minimum Gasteiger partial charge on any atom is -0.381 e. The number of thioether (sulfide) groups is 1. The molecule has 0 radical (unpaired) electrons. The lowest BCUT2D eigenvalue weighted by atomic mass is 9.90. The summed E-state index contributed by atoms with van der Waals surface area (Å²) in [5, 5.41) is 0. The van der Waals surface area contributed by atoms with E-state index in [1.54, 1.807) is 0 Å². The lowest BCUT2D eigenvalue weighted by Gasteiger charge is -2.48. The number of amides is 1. The van der Waals surface area contributed by atoms with Crippen LogP contribution < -0.4 is 0 Å². The van der Waals surface area contributed by atoms with Gasteiger partial charge in [0.2, 0.25) is 5.91 Å². The van der Waals surface area contributed by atoms with Crippen molar-refractivity contribution in [3.63, 3.8) is 0 Å². The molecular weight excluding hydrogens is 322 g/mol. The predicted octanol–water partition coefficient (Wildman–Crippen LogP) is 3.02. The van der Waals surface area contributed by atoms with Crippen LogP contribution >= 0.6 is 11.8 Å². The highest BCUT2D eigenvalue weighted by atomic mass is 32.2. The first-order valence-electron chi connectivity index (χ1n) is 9.56. The van der Waals surface area contributed by atoms with Crippen molar-refractivity contribution in [2.45, 2.75) is 55.8 Å². The number of hydrogen-bond acceptors (Lipinski definition) is 4. The molecule has 5 heteroatoms. The average Bonchev–Trinajstić information content (AvgIpc) is 3.04. The van der Waals surface area contributed by atoms with Crippen molar-refractivity contribution in [3.8, 4) is 0 Å². The average molecular weight is 352 g/mol. The second kappa shape index (κ2) is 7.38. The maximum atomic E-state index is 12.5. The van der Waals surface area contributed by atoms with E-state index in [2.05, 4.69) is 11.0 Å². The van der Waals surface area contributed by atoms with Gasteiger partial charge < -0.3 is 14.4 Å². The summed E-state index contributed by atoms with van der Waals surface area (Å²) in [6.07, 6.45) is 10.4. The van der Waals surface area contributed by atoms with Gasteiger partial charge >= 0.3 is 0 Å². The molecular formula is C19H29NO3S. The van der Waals surface area contributed by atoms with Crippen LogP contribution in [0.25, 0.3) is 0 Å². The first-order valence-corrected chi connectivity index (χ1v) is 10.5. The van der Waals surface area contributed by atoms with Gasteiger partial charge in [-0.1, -0.05) is 6.08 Å². The number of rotatable bonds is 4. The monoisotopic (exact) mass is 351 g/mol. The van der Waals surface area contributed by atoms with Crippen LogP contribution in [0.1, 0.15) is 44.9 Å². The van der Waals surface area contributed by atoms with Gasteiger partial charge in [-0.15, -0.1) is 11.8 Å². The largest absolute Gasteiger partial charge is 0.381 e. The summed E-state index contributed by atoms with van der Waals surface area (Å²) in [5.74, 6) is 2.07. The minimum absolute atomic E-state index is 0.283. The van der Waals surface area contributed by atoms with Gasteiger partial charge in [-0.3, -0.25) is 4.79 Å². The van der Waals surface area contributed by atoms with Crippen molar-refractivity contribution in [1.29, 1.82) is 0 Å². The van der Waals surface area contributed by atoms with Crippen LogP contribution in [0.5, 0.6) is 0 Å². The Morgan fingerprint density at radius 1 is 1.33 bits per heavy atom. The highest BCUT2D eigenvalue weighted by Crippen LogP contribution is 2.46. The third-order valence-electron chi connectivity index (χ3n) is 5.89. The molecule has 24 heavy (non-hydrogen) atoms. The van der Waals surface area contributed by atoms with E-state index in [9.17, 15) is 4.79 Å². The summed E-state index contributed by atoms with van der Waals surface area (Å²) in [6.45, 7) is 4.52. The molecule has 0 unspecified atom stereocenters. The van der Waals surface area contributed by atoms with E-state index in [1.807, 2.05) is 11.8 Å². The molecule has 1 spiro atoms. The Labute approximate surface area is 149 Å². The maximum Gasteiger partial charge on any atom is 0.249 e. The van der Waals surface area contributed by atoms with Crippen LogP contribution in [0.15, 0.2) is 11.6 Å². The van der Waals surface area contributed by atoms with Gasteiger partial charge in [0.25, 0.3) is 0 Å². The van der Waals surface area contributed by atoms with Gasteiger partial charge in [0, 0.05) is 44.2 Å². The zero-order valence-electron chi connectivity index (χ0n) is 14.5. The summed E-state index contributed by atoms with van der Waals surface area (Å²) in [4.78, 5) is 14.6. The Morgan fingerprint density at radius 3 is 2.92 bits per heavy atom. The molecule has 0 aromatic heterocycles. The van der Waals surface area contributed by atoms with E-state index in [0.29, 0.717) is 17.9 Å². The maximum absolute atomic E-state index is 12.5. The van der Waals surface area contributed by atoms with Gasteiger partial charge in [-0.2, -0.15) is 0 Å². The molecule has 134 valence electrons. The molecule has 0 N–H and O–H groups in total. The molecule has 0 aromatic carbocycles. The molecule has 3 heterocycles. The zero-order chi connectivity index (χ0) is 16.4. The number of hydrogen-bond donors (Lipinski definition) is 0. The van der Waals surface area contributed by atoms with E-state index in [4.69, 9.17) is 9.47 Å². The fourth-order valence-corrected chi connectivity index (χ4v) is 5.90. The lowest BCUT2D eigenvalue weighted by Crippen LogP contribution is -2.61. The topological polar surface area (TPSA) is 38.8 Å². The normalized spacial score (nSPS) is 30.2.